The summed E-state index contributed by atoms with van der Waals surface area (Å²) in [5.41, 5.74) is 1.11. The summed E-state index contributed by atoms with van der Waals surface area (Å²) in [7, 11) is 1.93. The molecule has 1 aliphatic carbocycles. The van der Waals surface area contributed by atoms with Gasteiger partial charge in [-0.25, -0.2) is 4.98 Å². The van der Waals surface area contributed by atoms with Crippen molar-refractivity contribution in [3.63, 3.8) is 0 Å². The highest BCUT2D eigenvalue weighted by Crippen LogP contribution is 2.27. The van der Waals surface area contributed by atoms with Crippen molar-refractivity contribution >= 4 is 29.8 Å². The fraction of sp³-hybridized carbons (Fsp3) is 0.450. The van der Waals surface area contributed by atoms with Gasteiger partial charge in [-0.3, -0.25) is 9.89 Å². The molecule has 0 bridgehead atoms. The number of nitrogens with zero attached hydrogens (tertiary/aromatic N) is 3. The number of hydrogen-bond donors (Lipinski definition) is 1. The summed E-state index contributed by atoms with van der Waals surface area (Å²) in [6.45, 7) is 2.29. The number of aromatic nitrogens is 3. The number of rotatable bonds is 6. The molecule has 1 N–H and O–H groups in total. The summed E-state index contributed by atoms with van der Waals surface area (Å²) in [6, 6.07) is 10.4. The van der Waals surface area contributed by atoms with E-state index in [2.05, 4.69) is 22.1 Å². The van der Waals surface area contributed by atoms with Crippen LogP contribution in [0.1, 0.15) is 44.0 Å². The zero-order valence-corrected chi connectivity index (χ0v) is 16.2. The maximum Gasteiger partial charge on any atom is 0.233 e. The number of H-pyrrole nitrogens is 1. The molecule has 2 aromatic rings. The van der Waals surface area contributed by atoms with E-state index in [0.29, 0.717) is 22.8 Å². The Bertz CT molecular complexity index is 735. The van der Waals surface area contributed by atoms with Crippen LogP contribution in [0.3, 0.4) is 0 Å². The maximum atomic E-state index is 12.4. The van der Waals surface area contributed by atoms with E-state index in [-0.39, 0.29) is 5.91 Å². The van der Waals surface area contributed by atoms with Crippen LogP contribution in [0.15, 0.2) is 35.5 Å². The first-order valence-corrected chi connectivity index (χ1v) is 10.1. The van der Waals surface area contributed by atoms with E-state index in [1.54, 1.807) is 0 Å². The van der Waals surface area contributed by atoms with Gasteiger partial charge in [-0.15, -0.1) is 5.10 Å². The number of carbonyl (C=O) groups excluding carboxylic acids is 1. The van der Waals surface area contributed by atoms with Crippen LogP contribution in [0.25, 0.3) is 12.2 Å². The van der Waals surface area contributed by atoms with Crippen LogP contribution in [-0.2, 0) is 4.79 Å². The van der Waals surface area contributed by atoms with Gasteiger partial charge in [-0.05, 0) is 43.2 Å². The molecule has 0 radical (unpaired) electrons. The molecular formula is C20H26N4OS. The molecule has 1 saturated carbocycles. The van der Waals surface area contributed by atoms with Gasteiger partial charge < -0.3 is 4.90 Å². The van der Waals surface area contributed by atoms with Gasteiger partial charge in [0.25, 0.3) is 0 Å². The van der Waals surface area contributed by atoms with Crippen LogP contribution >= 0.6 is 11.8 Å². The Kier molecular flexibility index (Phi) is 6.50. The van der Waals surface area contributed by atoms with Crippen molar-refractivity contribution in [3.05, 3.63) is 41.7 Å². The largest absolute Gasteiger partial charge is 0.342 e. The van der Waals surface area contributed by atoms with Gasteiger partial charge >= 0.3 is 0 Å². The molecule has 5 nitrogen and oxygen atoms in total. The average Bonchev–Trinajstić information content (AvgIpc) is 3.13. The van der Waals surface area contributed by atoms with Crippen LogP contribution in [0.2, 0.25) is 0 Å². The number of hydrogen-bond acceptors (Lipinski definition) is 4. The lowest BCUT2D eigenvalue weighted by Gasteiger charge is -2.33. The van der Waals surface area contributed by atoms with Crippen molar-refractivity contribution in [3.8, 4) is 0 Å². The first kappa shape index (κ1) is 18.7. The fourth-order valence-electron chi connectivity index (χ4n) is 3.20. The van der Waals surface area contributed by atoms with E-state index in [4.69, 9.17) is 0 Å². The molecule has 1 aromatic heterocycles. The van der Waals surface area contributed by atoms with Crippen LogP contribution in [-0.4, -0.2) is 44.8 Å². The molecular weight excluding hydrogens is 344 g/mol. The van der Waals surface area contributed by atoms with Crippen LogP contribution in [0.4, 0.5) is 0 Å². The minimum Gasteiger partial charge on any atom is -0.342 e. The molecule has 0 spiro atoms. The van der Waals surface area contributed by atoms with Crippen LogP contribution in [0, 0.1) is 5.92 Å². The molecule has 0 atom stereocenters. The molecule has 1 amide bonds. The highest BCUT2D eigenvalue weighted by molar-refractivity contribution is 7.99. The second-order valence-electron chi connectivity index (χ2n) is 6.95. The Morgan fingerprint density at radius 1 is 1.23 bits per heavy atom. The zero-order valence-electron chi connectivity index (χ0n) is 15.4. The van der Waals surface area contributed by atoms with E-state index in [1.807, 2.05) is 54.4 Å². The second-order valence-corrected chi connectivity index (χ2v) is 7.90. The first-order valence-electron chi connectivity index (χ1n) is 9.16. The van der Waals surface area contributed by atoms with Gasteiger partial charge in [0.2, 0.25) is 11.1 Å². The lowest BCUT2D eigenvalue weighted by molar-refractivity contribution is -0.129. The third-order valence-electron chi connectivity index (χ3n) is 4.97. The van der Waals surface area contributed by atoms with Crippen molar-refractivity contribution in [2.24, 2.45) is 5.92 Å². The molecule has 1 aromatic carbocycles. The third kappa shape index (κ3) is 5.21. The second kappa shape index (κ2) is 9.03. The molecule has 0 aliphatic heterocycles. The Balaban J connectivity index is 1.48. The van der Waals surface area contributed by atoms with Gasteiger partial charge in [0.15, 0.2) is 0 Å². The zero-order chi connectivity index (χ0) is 18.4. The summed E-state index contributed by atoms with van der Waals surface area (Å²) >= 11 is 1.39. The van der Waals surface area contributed by atoms with Crippen LogP contribution in [0.5, 0.6) is 0 Å². The van der Waals surface area contributed by atoms with E-state index in [0.717, 1.165) is 24.3 Å². The minimum atomic E-state index is 0.153. The van der Waals surface area contributed by atoms with Crippen LogP contribution < -0.4 is 0 Å². The first-order chi connectivity index (χ1) is 12.6. The normalized spacial score (nSPS) is 20.4. The lowest BCUT2D eigenvalue weighted by Crippen LogP contribution is -2.40. The highest BCUT2D eigenvalue weighted by atomic mass is 32.2. The molecule has 1 aliphatic rings. The smallest absolute Gasteiger partial charge is 0.233 e. The fourth-order valence-corrected chi connectivity index (χ4v) is 3.93. The number of carbonyl (C=O) groups is 1. The van der Waals surface area contributed by atoms with E-state index >= 15 is 0 Å². The summed E-state index contributed by atoms with van der Waals surface area (Å²) < 4.78 is 0. The minimum absolute atomic E-state index is 0.153. The molecule has 1 fully saturated rings. The quantitative estimate of drug-likeness (QED) is 0.778. The maximum absolute atomic E-state index is 12.4. The van der Waals surface area contributed by atoms with Crippen molar-refractivity contribution in [2.45, 2.75) is 43.8 Å². The molecule has 3 rings (SSSR count). The van der Waals surface area contributed by atoms with Crippen molar-refractivity contribution in [1.82, 2.24) is 20.1 Å². The average molecular weight is 371 g/mol. The lowest BCUT2D eigenvalue weighted by atomic mass is 9.87. The summed E-state index contributed by atoms with van der Waals surface area (Å²) in [6.07, 6.45) is 8.54. The Labute approximate surface area is 159 Å². The number of thioether (sulfide) groups is 1. The van der Waals surface area contributed by atoms with Gasteiger partial charge in [0.05, 0.1) is 5.75 Å². The molecule has 0 saturated heterocycles. The van der Waals surface area contributed by atoms with Crippen molar-refractivity contribution in [2.75, 3.05) is 12.8 Å². The molecule has 1 heterocycles. The third-order valence-corrected chi connectivity index (χ3v) is 5.80. The monoisotopic (exact) mass is 370 g/mol. The Hall–Kier alpha value is -2.08. The number of aromatic amines is 1. The molecule has 138 valence electrons. The van der Waals surface area contributed by atoms with E-state index < -0.39 is 0 Å². The number of nitrogens with one attached hydrogen (secondary N) is 1. The topological polar surface area (TPSA) is 61.9 Å². The Morgan fingerprint density at radius 3 is 2.69 bits per heavy atom. The predicted octanol–water partition coefficient (Wildman–Crippen LogP) is 4.10. The van der Waals surface area contributed by atoms with Gasteiger partial charge in [-0.2, -0.15) is 0 Å². The van der Waals surface area contributed by atoms with Crippen molar-refractivity contribution < 1.29 is 4.79 Å². The van der Waals surface area contributed by atoms with Crippen molar-refractivity contribution in [1.29, 1.82) is 0 Å². The SMILES string of the molecule is CC1CCC(N(C)C(=O)CSc2n[nH]c(/C=C/c3ccccc3)n2)CC1. The molecule has 26 heavy (non-hydrogen) atoms. The predicted molar refractivity (Wildman–Crippen MR) is 107 cm³/mol. The molecule has 6 heteroatoms. The molecule has 0 unspecified atom stereocenters. The van der Waals surface area contributed by atoms with Gasteiger partial charge in [0, 0.05) is 13.1 Å². The van der Waals surface area contributed by atoms with E-state index in [1.165, 1.54) is 24.6 Å². The van der Waals surface area contributed by atoms with Gasteiger partial charge in [-0.1, -0.05) is 55.1 Å². The number of amides is 1. The summed E-state index contributed by atoms with van der Waals surface area (Å²) in [5.74, 6) is 2.02. The van der Waals surface area contributed by atoms with Gasteiger partial charge in [0.1, 0.15) is 5.82 Å². The number of benzene rings is 1. The highest BCUT2D eigenvalue weighted by Gasteiger charge is 2.24. The standard InChI is InChI=1S/C20H26N4OS/c1-15-8-11-17(12-9-15)24(2)19(25)14-26-20-21-18(22-23-20)13-10-16-6-4-3-5-7-16/h3-7,10,13,15,17H,8-9,11-12,14H2,1-2H3,(H,21,22,23)/b13-10+. The summed E-state index contributed by atoms with van der Waals surface area (Å²) in [4.78, 5) is 18.8. The summed E-state index contributed by atoms with van der Waals surface area (Å²) in [5, 5.41) is 7.70. The Morgan fingerprint density at radius 2 is 1.96 bits per heavy atom. The van der Waals surface area contributed by atoms with E-state index in [9.17, 15) is 4.79 Å².